The quantitative estimate of drug-likeness (QED) is 0.647. The van der Waals surface area contributed by atoms with E-state index in [4.69, 9.17) is 16.3 Å². The van der Waals surface area contributed by atoms with E-state index in [0.717, 1.165) is 0 Å². The number of carbonyl (C=O) groups excluding carboxylic acids is 1. The first-order chi connectivity index (χ1) is 5.15. The monoisotopic (exact) mass is 177 g/mol. The van der Waals surface area contributed by atoms with Gasteiger partial charge in [-0.05, 0) is 5.92 Å². The summed E-state index contributed by atoms with van der Waals surface area (Å²) in [4.78, 5) is 10.7. The Kier molecular flexibility index (Phi) is 2.60. The second-order valence-corrected chi connectivity index (χ2v) is 3.33. The normalized spacial score (nSPS) is 30.4. The van der Waals surface area contributed by atoms with Crippen molar-refractivity contribution in [3.63, 3.8) is 0 Å². The van der Waals surface area contributed by atoms with Crippen LogP contribution in [0, 0.1) is 5.92 Å². The number of ether oxygens (including phenoxy) is 1. The lowest BCUT2D eigenvalue weighted by Gasteiger charge is -2.17. The minimum atomic E-state index is -0.352. The molecule has 1 aliphatic heterocycles. The third-order valence-corrected chi connectivity index (χ3v) is 2.10. The number of hydrogen-bond donors (Lipinski definition) is 1. The zero-order valence-corrected chi connectivity index (χ0v) is 7.39. The summed E-state index contributed by atoms with van der Waals surface area (Å²) >= 11 is 5.62. The molecule has 2 atom stereocenters. The molecule has 1 rings (SSSR count). The smallest absolute Gasteiger partial charge is 0.407 e. The van der Waals surface area contributed by atoms with Crippen molar-refractivity contribution in [1.82, 2.24) is 5.32 Å². The molecule has 0 unspecified atom stereocenters. The molecule has 0 aromatic heterocycles. The van der Waals surface area contributed by atoms with Gasteiger partial charge in [0.15, 0.2) is 0 Å². The van der Waals surface area contributed by atoms with Crippen LogP contribution in [0.1, 0.15) is 13.8 Å². The molecule has 0 radical (unpaired) electrons. The average Bonchev–Trinajstić information content (AvgIpc) is 2.30. The summed E-state index contributed by atoms with van der Waals surface area (Å²) in [5, 5.41) is 2.64. The Bertz CT molecular complexity index is 161. The molecule has 0 saturated carbocycles. The average molecular weight is 178 g/mol. The summed E-state index contributed by atoms with van der Waals surface area (Å²) in [6, 6.07) is -0.0239. The number of cyclic esters (lactones) is 1. The fourth-order valence-corrected chi connectivity index (χ4v) is 1.45. The number of carbonyl (C=O) groups is 1. The van der Waals surface area contributed by atoms with Gasteiger partial charge >= 0.3 is 6.09 Å². The largest absolute Gasteiger partial charge is 0.444 e. The molecule has 0 aliphatic carbocycles. The summed E-state index contributed by atoms with van der Waals surface area (Å²) in [6.07, 6.45) is -0.422. The minimum absolute atomic E-state index is 0.0239. The van der Waals surface area contributed by atoms with E-state index in [1.54, 1.807) is 0 Å². The molecule has 3 nitrogen and oxygen atoms in total. The second-order valence-electron chi connectivity index (χ2n) is 3.02. The van der Waals surface area contributed by atoms with Gasteiger partial charge in [-0.1, -0.05) is 13.8 Å². The van der Waals surface area contributed by atoms with Crippen LogP contribution in [0.4, 0.5) is 4.79 Å². The van der Waals surface area contributed by atoms with Crippen LogP contribution in [-0.2, 0) is 4.74 Å². The molecule has 1 saturated heterocycles. The van der Waals surface area contributed by atoms with Gasteiger partial charge in [0, 0.05) is 5.88 Å². The highest BCUT2D eigenvalue weighted by Crippen LogP contribution is 2.17. The second kappa shape index (κ2) is 3.30. The zero-order valence-electron chi connectivity index (χ0n) is 6.63. The Labute approximate surface area is 71.1 Å². The number of alkyl halides is 1. The molecular formula is C7H12ClNO2. The summed E-state index contributed by atoms with van der Waals surface area (Å²) in [6.45, 7) is 4.01. The maximum atomic E-state index is 10.7. The van der Waals surface area contributed by atoms with Crippen molar-refractivity contribution in [2.45, 2.75) is 26.0 Å². The molecule has 64 valence electrons. The molecule has 11 heavy (non-hydrogen) atoms. The van der Waals surface area contributed by atoms with Crippen molar-refractivity contribution >= 4 is 17.7 Å². The molecule has 1 amide bonds. The molecule has 0 aromatic carbocycles. The molecule has 1 N–H and O–H groups in total. The van der Waals surface area contributed by atoms with Crippen molar-refractivity contribution < 1.29 is 9.53 Å². The van der Waals surface area contributed by atoms with E-state index in [1.165, 1.54) is 0 Å². The first-order valence-electron chi connectivity index (χ1n) is 3.68. The van der Waals surface area contributed by atoms with Gasteiger partial charge in [-0.25, -0.2) is 4.79 Å². The first-order valence-corrected chi connectivity index (χ1v) is 4.21. The lowest BCUT2D eigenvalue weighted by Crippen LogP contribution is -2.35. The SMILES string of the molecule is CC(C)[C@H]1OC(=O)N[C@H]1CCl. The van der Waals surface area contributed by atoms with Crippen molar-refractivity contribution in [2.24, 2.45) is 5.92 Å². The predicted octanol–water partition coefficient (Wildman–Crippen LogP) is 1.36. The molecule has 1 heterocycles. The number of hydrogen-bond acceptors (Lipinski definition) is 2. The van der Waals surface area contributed by atoms with Crippen LogP contribution in [0.3, 0.4) is 0 Å². The van der Waals surface area contributed by atoms with Crippen LogP contribution >= 0.6 is 11.6 Å². The van der Waals surface area contributed by atoms with Gasteiger partial charge in [0.25, 0.3) is 0 Å². The molecule has 1 fully saturated rings. The molecule has 0 spiro atoms. The van der Waals surface area contributed by atoms with Crippen molar-refractivity contribution in [2.75, 3.05) is 5.88 Å². The standard InChI is InChI=1S/C7H12ClNO2/c1-4(2)6-5(3-8)9-7(10)11-6/h4-6H,3H2,1-2H3,(H,9,10)/t5-,6+/m0/s1. The topological polar surface area (TPSA) is 38.3 Å². The summed E-state index contributed by atoms with van der Waals surface area (Å²) < 4.78 is 4.99. The maximum absolute atomic E-state index is 10.7. The van der Waals surface area contributed by atoms with Crippen LogP contribution in [0.2, 0.25) is 0 Å². The van der Waals surface area contributed by atoms with E-state index in [0.29, 0.717) is 11.8 Å². The van der Waals surface area contributed by atoms with Gasteiger partial charge in [-0.15, -0.1) is 11.6 Å². The number of alkyl carbamates (subject to hydrolysis) is 1. The Morgan fingerprint density at radius 1 is 1.73 bits per heavy atom. The third-order valence-electron chi connectivity index (χ3n) is 1.77. The number of nitrogens with one attached hydrogen (secondary N) is 1. The Morgan fingerprint density at radius 2 is 2.36 bits per heavy atom. The highest BCUT2D eigenvalue weighted by molar-refractivity contribution is 6.18. The van der Waals surface area contributed by atoms with Crippen LogP contribution in [0.5, 0.6) is 0 Å². The maximum Gasteiger partial charge on any atom is 0.407 e. The van der Waals surface area contributed by atoms with E-state index < -0.39 is 0 Å². The Hall–Kier alpha value is -0.440. The summed E-state index contributed by atoms with van der Waals surface area (Å²) in [5.74, 6) is 0.729. The molecule has 4 heteroatoms. The number of halogens is 1. The van der Waals surface area contributed by atoms with E-state index in [9.17, 15) is 4.79 Å². The van der Waals surface area contributed by atoms with Gasteiger partial charge in [-0.3, -0.25) is 0 Å². The van der Waals surface area contributed by atoms with Crippen LogP contribution in [-0.4, -0.2) is 24.1 Å². The van der Waals surface area contributed by atoms with Gasteiger partial charge < -0.3 is 10.1 Å². The van der Waals surface area contributed by atoms with Crippen molar-refractivity contribution in [3.8, 4) is 0 Å². The number of rotatable bonds is 2. The summed E-state index contributed by atoms with van der Waals surface area (Å²) in [7, 11) is 0. The fourth-order valence-electron chi connectivity index (χ4n) is 1.20. The first kappa shape index (κ1) is 8.65. The van der Waals surface area contributed by atoms with Crippen LogP contribution in [0.25, 0.3) is 0 Å². The lowest BCUT2D eigenvalue weighted by molar-refractivity contribution is 0.105. The molecule has 0 aromatic rings. The van der Waals surface area contributed by atoms with E-state index in [-0.39, 0.29) is 18.2 Å². The van der Waals surface area contributed by atoms with Gasteiger partial charge in [0.2, 0.25) is 0 Å². The molecular weight excluding hydrogens is 166 g/mol. The number of amides is 1. The third kappa shape index (κ3) is 1.77. The van der Waals surface area contributed by atoms with E-state index in [2.05, 4.69) is 5.32 Å². The van der Waals surface area contributed by atoms with Gasteiger partial charge in [-0.2, -0.15) is 0 Å². The highest BCUT2D eigenvalue weighted by atomic mass is 35.5. The van der Waals surface area contributed by atoms with E-state index in [1.807, 2.05) is 13.8 Å². The van der Waals surface area contributed by atoms with Crippen molar-refractivity contribution in [1.29, 1.82) is 0 Å². The summed E-state index contributed by atoms with van der Waals surface area (Å²) in [5.41, 5.74) is 0. The van der Waals surface area contributed by atoms with Gasteiger partial charge in [0.1, 0.15) is 6.10 Å². The minimum Gasteiger partial charge on any atom is -0.444 e. The predicted molar refractivity (Wildman–Crippen MR) is 42.8 cm³/mol. The fraction of sp³-hybridized carbons (Fsp3) is 0.857. The Morgan fingerprint density at radius 3 is 2.73 bits per heavy atom. The van der Waals surface area contributed by atoms with Crippen molar-refractivity contribution in [3.05, 3.63) is 0 Å². The lowest BCUT2D eigenvalue weighted by atomic mass is 10.0. The highest BCUT2D eigenvalue weighted by Gasteiger charge is 2.35. The Balaban J connectivity index is 2.57. The zero-order chi connectivity index (χ0) is 8.43. The molecule has 0 bridgehead atoms. The van der Waals surface area contributed by atoms with Gasteiger partial charge in [0.05, 0.1) is 6.04 Å². The van der Waals surface area contributed by atoms with Crippen LogP contribution in [0.15, 0.2) is 0 Å². The van der Waals surface area contributed by atoms with E-state index >= 15 is 0 Å². The molecule has 1 aliphatic rings. The van der Waals surface area contributed by atoms with Crippen LogP contribution < -0.4 is 5.32 Å².